The van der Waals surface area contributed by atoms with Crippen LogP contribution in [0.4, 0.5) is 4.79 Å². The Balaban J connectivity index is 2.21. The van der Waals surface area contributed by atoms with Crippen molar-refractivity contribution in [3.8, 4) is 0 Å². The molecule has 0 radical (unpaired) electrons. The second kappa shape index (κ2) is 7.36. The van der Waals surface area contributed by atoms with Crippen molar-refractivity contribution in [2.24, 2.45) is 11.8 Å². The Bertz CT molecular complexity index is 294. The molecule has 3 unspecified atom stereocenters. The van der Waals surface area contributed by atoms with Crippen molar-refractivity contribution >= 4 is 11.9 Å². The fourth-order valence-electron chi connectivity index (χ4n) is 2.37. The van der Waals surface area contributed by atoms with E-state index in [9.17, 15) is 9.59 Å². The number of hydrogen-bond donors (Lipinski definition) is 3. The standard InChI is InChI=1S/C13H25N3O2/c1-4-14-13(18)16-12(17)10(3)15-8-11-6-5-9(2)7-11/h9-11,15H,4-8H2,1-3H3,(H2,14,16,17,18). The van der Waals surface area contributed by atoms with Crippen LogP contribution in [-0.2, 0) is 4.79 Å². The van der Waals surface area contributed by atoms with Crippen molar-refractivity contribution in [3.63, 3.8) is 0 Å². The highest BCUT2D eigenvalue weighted by atomic mass is 16.2. The molecule has 0 aromatic heterocycles. The van der Waals surface area contributed by atoms with Gasteiger partial charge in [-0.1, -0.05) is 13.3 Å². The Morgan fingerprint density at radius 2 is 2.06 bits per heavy atom. The maximum absolute atomic E-state index is 11.7. The summed E-state index contributed by atoms with van der Waals surface area (Å²) >= 11 is 0. The molecule has 5 heteroatoms. The normalized spacial score (nSPS) is 24.6. The topological polar surface area (TPSA) is 70.2 Å². The number of imide groups is 1. The Morgan fingerprint density at radius 1 is 1.33 bits per heavy atom. The molecule has 0 aliphatic heterocycles. The van der Waals surface area contributed by atoms with Gasteiger partial charge in [0.25, 0.3) is 0 Å². The first-order valence-corrected chi connectivity index (χ1v) is 6.85. The van der Waals surface area contributed by atoms with E-state index in [1.807, 2.05) is 6.92 Å². The van der Waals surface area contributed by atoms with Crippen molar-refractivity contribution in [2.45, 2.75) is 46.1 Å². The number of nitrogens with one attached hydrogen (secondary N) is 3. The third-order valence-electron chi connectivity index (χ3n) is 3.48. The molecule has 1 fully saturated rings. The zero-order valence-corrected chi connectivity index (χ0v) is 11.6. The highest BCUT2D eigenvalue weighted by Crippen LogP contribution is 2.29. The van der Waals surface area contributed by atoms with Crippen LogP contribution in [0.2, 0.25) is 0 Å². The third kappa shape index (κ3) is 5.04. The molecule has 1 saturated carbocycles. The van der Waals surface area contributed by atoms with Gasteiger partial charge in [-0.15, -0.1) is 0 Å². The minimum Gasteiger partial charge on any atom is -0.338 e. The summed E-state index contributed by atoms with van der Waals surface area (Å²) in [6, 6.07) is -0.755. The van der Waals surface area contributed by atoms with E-state index in [2.05, 4.69) is 22.9 Å². The van der Waals surface area contributed by atoms with E-state index >= 15 is 0 Å². The number of amides is 3. The number of carbonyl (C=O) groups excluding carboxylic acids is 2. The SMILES string of the molecule is CCNC(=O)NC(=O)C(C)NCC1CCC(C)C1. The van der Waals surface area contributed by atoms with Crippen LogP contribution in [0.5, 0.6) is 0 Å². The summed E-state index contributed by atoms with van der Waals surface area (Å²) in [5.74, 6) is 1.20. The summed E-state index contributed by atoms with van der Waals surface area (Å²) in [7, 11) is 0. The lowest BCUT2D eigenvalue weighted by atomic mass is 10.1. The van der Waals surface area contributed by atoms with Crippen LogP contribution in [0.1, 0.15) is 40.0 Å². The van der Waals surface area contributed by atoms with Crippen LogP contribution in [0.15, 0.2) is 0 Å². The summed E-state index contributed by atoms with van der Waals surface area (Å²) in [5, 5.41) is 8.05. The zero-order chi connectivity index (χ0) is 13.5. The fraction of sp³-hybridized carbons (Fsp3) is 0.846. The molecule has 0 aromatic carbocycles. The highest BCUT2D eigenvalue weighted by Gasteiger charge is 2.22. The molecule has 1 rings (SSSR count). The average Bonchev–Trinajstić information content (AvgIpc) is 2.72. The Hall–Kier alpha value is -1.10. The van der Waals surface area contributed by atoms with Gasteiger partial charge in [0.05, 0.1) is 6.04 Å². The van der Waals surface area contributed by atoms with Gasteiger partial charge in [-0.05, 0) is 45.1 Å². The van der Waals surface area contributed by atoms with E-state index in [4.69, 9.17) is 0 Å². The third-order valence-corrected chi connectivity index (χ3v) is 3.48. The van der Waals surface area contributed by atoms with Gasteiger partial charge in [-0.2, -0.15) is 0 Å². The van der Waals surface area contributed by atoms with Gasteiger partial charge >= 0.3 is 6.03 Å². The van der Waals surface area contributed by atoms with Crippen LogP contribution in [-0.4, -0.2) is 31.1 Å². The van der Waals surface area contributed by atoms with Gasteiger partial charge in [-0.3, -0.25) is 10.1 Å². The molecule has 0 aromatic rings. The van der Waals surface area contributed by atoms with Crippen LogP contribution in [0, 0.1) is 11.8 Å². The maximum Gasteiger partial charge on any atom is 0.321 e. The largest absolute Gasteiger partial charge is 0.338 e. The molecule has 0 spiro atoms. The molecule has 3 amide bonds. The van der Waals surface area contributed by atoms with Crippen molar-refractivity contribution < 1.29 is 9.59 Å². The molecule has 0 saturated heterocycles. The van der Waals surface area contributed by atoms with E-state index in [-0.39, 0.29) is 11.9 Å². The molecule has 0 bridgehead atoms. The van der Waals surface area contributed by atoms with E-state index in [0.29, 0.717) is 12.5 Å². The lowest BCUT2D eigenvalue weighted by Gasteiger charge is -2.16. The van der Waals surface area contributed by atoms with Gasteiger partial charge in [0.2, 0.25) is 5.91 Å². The Labute approximate surface area is 109 Å². The van der Waals surface area contributed by atoms with Crippen molar-refractivity contribution in [1.29, 1.82) is 0 Å². The van der Waals surface area contributed by atoms with Crippen molar-refractivity contribution in [1.82, 2.24) is 16.0 Å². The molecule has 18 heavy (non-hydrogen) atoms. The first-order valence-electron chi connectivity index (χ1n) is 6.85. The van der Waals surface area contributed by atoms with Crippen LogP contribution >= 0.6 is 0 Å². The molecule has 104 valence electrons. The highest BCUT2D eigenvalue weighted by molar-refractivity contribution is 5.96. The first kappa shape index (κ1) is 15.0. The van der Waals surface area contributed by atoms with Crippen LogP contribution in [0.3, 0.4) is 0 Å². The van der Waals surface area contributed by atoms with Gasteiger partial charge in [0.1, 0.15) is 0 Å². The Morgan fingerprint density at radius 3 is 2.61 bits per heavy atom. The lowest BCUT2D eigenvalue weighted by Crippen LogP contribution is -2.48. The molecule has 3 N–H and O–H groups in total. The van der Waals surface area contributed by atoms with E-state index in [0.717, 1.165) is 12.5 Å². The van der Waals surface area contributed by atoms with E-state index in [1.54, 1.807) is 6.92 Å². The van der Waals surface area contributed by atoms with E-state index < -0.39 is 6.03 Å². The molecule has 1 aliphatic carbocycles. The minimum atomic E-state index is -0.425. The summed E-state index contributed by atoms with van der Waals surface area (Å²) in [5.41, 5.74) is 0. The molecule has 0 heterocycles. The van der Waals surface area contributed by atoms with Crippen molar-refractivity contribution in [3.05, 3.63) is 0 Å². The predicted octanol–water partition coefficient (Wildman–Crippen LogP) is 1.25. The van der Waals surface area contributed by atoms with Gasteiger partial charge in [0, 0.05) is 6.54 Å². The maximum atomic E-state index is 11.7. The summed E-state index contributed by atoms with van der Waals surface area (Å²) < 4.78 is 0. The van der Waals surface area contributed by atoms with Gasteiger partial charge in [-0.25, -0.2) is 4.79 Å². The lowest BCUT2D eigenvalue weighted by molar-refractivity contribution is -0.121. The average molecular weight is 255 g/mol. The first-order chi connectivity index (χ1) is 8.52. The van der Waals surface area contributed by atoms with Gasteiger partial charge < -0.3 is 10.6 Å². The number of urea groups is 1. The number of rotatable bonds is 5. The smallest absolute Gasteiger partial charge is 0.321 e. The fourth-order valence-corrected chi connectivity index (χ4v) is 2.37. The van der Waals surface area contributed by atoms with E-state index in [1.165, 1.54) is 19.3 Å². The van der Waals surface area contributed by atoms with Gasteiger partial charge in [0.15, 0.2) is 0 Å². The number of carbonyl (C=O) groups is 2. The predicted molar refractivity (Wildman–Crippen MR) is 71.2 cm³/mol. The molecule has 5 nitrogen and oxygen atoms in total. The molecular formula is C13H25N3O2. The second-order valence-electron chi connectivity index (χ2n) is 5.26. The zero-order valence-electron chi connectivity index (χ0n) is 11.6. The molecule has 1 aliphatic rings. The molecular weight excluding hydrogens is 230 g/mol. The number of hydrogen-bond acceptors (Lipinski definition) is 3. The van der Waals surface area contributed by atoms with Crippen LogP contribution in [0.25, 0.3) is 0 Å². The minimum absolute atomic E-state index is 0.271. The van der Waals surface area contributed by atoms with Crippen LogP contribution < -0.4 is 16.0 Å². The summed E-state index contributed by atoms with van der Waals surface area (Å²) in [4.78, 5) is 22.9. The molecule has 3 atom stereocenters. The quantitative estimate of drug-likeness (QED) is 0.692. The summed E-state index contributed by atoms with van der Waals surface area (Å²) in [6.07, 6.45) is 3.75. The second-order valence-corrected chi connectivity index (χ2v) is 5.26. The Kier molecular flexibility index (Phi) is 6.12. The van der Waals surface area contributed by atoms with Crippen molar-refractivity contribution in [2.75, 3.05) is 13.1 Å². The summed E-state index contributed by atoms with van der Waals surface area (Å²) in [6.45, 7) is 7.24. The monoisotopic (exact) mass is 255 g/mol.